The summed E-state index contributed by atoms with van der Waals surface area (Å²) in [6.07, 6.45) is 2.07. The Hall–Kier alpha value is -1.75. The predicted molar refractivity (Wildman–Crippen MR) is 74.2 cm³/mol. The van der Waals surface area contributed by atoms with Gasteiger partial charge in [0.2, 0.25) is 0 Å². The maximum absolute atomic E-state index is 11.6. The Bertz CT molecular complexity index is 496. The van der Waals surface area contributed by atoms with Crippen molar-refractivity contribution in [1.82, 2.24) is 0 Å². The number of nitrogens with two attached hydrogens (primary N) is 1. The maximum atomic E-state index is 11.6. The Morgan fingerprint density at radius 1 is 1.53 bits per heavy atom. The molecule has 1 aliphatic rings. The molecule has 0 bridgehead atoms. The molecule has 0 saturated heterocycles. The first kappa shape index (κ1) is 13.7. The van der Waals surface area contributed by atoms with E-state index in [9.17, 15) is 9.90 Å². The number of methoxy groups -OCH3 is 1. The monoisotopic (exact) mass is 264 g/mol. The fourth-order valence-electron chi connectivity index (χ4n) is 2.04. The molecule has 0 amide bonds. The molecule has 1 saturated carbocycles. The molecule has 0 heterocycles. The van der Waals surface area contributed by atoms with Gasteiger partial charge in [-0.1, -0.05) is 0 Å². The fraction of sp³-hybridized carbons (Fsp3) is 0.500. The van der Waals surface area contributed by atoms with Crippen LogP contribution in [-0.4, -0.2) is 31.3 Å². The standard InChI is InChI=1S/C14H20N2O3/c1-9-5-10(16-7-14(8-17)3-4-14)6-11(12(9)15)13(18)19-2/h5-6,16-17H,3-4,7-8,15H2,1-2H3. The number of benzene rings is 1. The zero-order valence-electron chi connectivity index (χ0n) is 11.3. The van der Waals surface area contributed by atoms with Crippen molar-refractivity contribution in [2.45, 2.75) is 19.8 Å². The molecule has 0 aliphatic heterocycles. The number of nitrogens with one attached hydrogen (secondary N) is 1. The molecule has 2 rings (SSSR count). The number of nitrogen functional groups attached to an aromatic ring is 1. The number of aryl methyl sites for hydroxylation is 1. The van der Waals surface area contributed by atoms with Crippen molar-refractivity contribution < 1.29 is 14.6 Å². The second-order valence-corrected chi connectivity index (χ2v) is 5.26. The molecule has 1 fully saturated rings. The van der Waals surface area contributed by atoms with Crippen LogP contribution in [0.15, 0.2) is 12.1 Å². The Morgan fingerprint density at radius 3 is 2.74 bits per heavy atom. The van der Waals surface area contributed by atoms with Gasteiger partial charge in [-0.2, -0.15) is 0 Å². The number of esters is 1. The van der Waals surface area contributed by atoms with Crippen LogP contribution in [0.5, 0.6) is 0 Å². The SMILES string of the molecule is COC(=O)c1cc(NCC2(CO)CC2)cc(C)c1N. The van der Waals surface area contributed by atoms with Crippen LogP contribution in [0.1, 0.15) is 28.8 Å². The minimum Gasteiger partial charge on any atom is -0.465 e. The lowest BCUT2D eigenvalue weighted by Crippen LogP contribution is -2.19. The van der Waals surface area contributed by atoms with Gasteiger partial charge in [-0.05, 0) is 37.5 Å². The molecule has 19 heavy (non-hydrogen) atoms. The number of ether oxygens (including phenoxy) is 1. The second-order valence-electron chi connectivity index (χ2n) is 5.26. The van der Waals surface area contributed by atoms with Crippen molar-refractivity contribution in [1.29, 1.82) is 0 Å². The van der Waals surface area contributed by atoms with Gasteiger partial charge in [0.1, 0.15) is 0 Å². The molecule has 5 nitrogen and oxygen atoms in total. The van der Waals surface area contributed by atoms with E-state index >= 15 is 0 Å². The lowest BCUT2D eigenvalue weighted by molar-refractivity contribution is 0.0602. The summed E-state index contributed by atoms with van der Waals surface area (Å²) in [7, 11) is 1.34. The number of carbonyl (C=O) groups is 1. The molecule has 1 aromatic rings. The number of rotatable bonds is 5. The second kappa shape index (κ2) is 5.09. The summed E-state index contributed by atoms with van der Waals surface area (Å²) in [5.41, 5.74) is 8.37. The largest absolute Gasteiger partial charge is 0.465 e. The molecule has 0 unspecified atom stereocenters. The number of aliphatic hydroxyl groups excluding tert-OH is 1. The van der Waals surface area contributed by atoms with Crippen molar-refractivity contribution in [2.24, 2.45) is 5.41 Å². The van der Waals surface area contributed by atoms with Gasteiger partial charge in [-0.25, -0.2) is 4.79 Å². The quantitative estimate of drug-likeness (QED) is 0.555. The number of hydrogen-bond acceptors (Lipinski definition) is 5. The van der Waals surface area contributed by atoms with E-state index < -0.39 is 5.97 Å². The highest BCUT2D eigenvalue weighted by Gasteiger charge is 2.41. The Balaban J connectivity index is 2.17. The smallest absolute Gasteiger partial charge is 0.340 e. The summed E-state index contributed by atoms with van der Waals surface area (Å²) in [4.78, 5) is 11.6. The number of carbonyl (C=O) groups excluding carboxylic acids is 1. The third-order valence-electron chi connectivity index (χ3n) is 3.75. The molecule has 5 heteroatoms. The van der Waals surface area contributed by atoms with Crippen molar-refractivity contribution >= 4 is 17.3 Å². The van der Waals surface area contributed by atoms with Gasteiger partial charge in [0.15, 0.2) is 0 Å². The maximum Gasteiger partial charge on any atom is 0.340 e. The van der Waals surface area contributed by atoms with Gasteiger partial charge in [-0.3, -0.25) is 0 Å². The van der Waals surface area contributed by atoms with Crippen molar-refractivity contribution in [3.63, 3.8) is 0 Å². The minimum absolute atomic E-state index is 0.0146. The fourth-order valence-corrected chi connectivity index (χ4v) is 2.04. The van der Waals surface area contributed by atoms with Crippen LogP contribution in [0.3, 0.4) is 0 Å². The topological polar surface area (TPSA) is 84.6 Å². The molecule has 1 aromatic carbocycles. The zero-order valence-corrected chi connectivity index (χ0v) is 11.3. The Labute approximate surface area is 112 Å². The third-order valence-corrected chi connectivity index (χ3v) is 3.75. The first-order chi connectivity index (χ1) is 9.01. The van der Waals surface area contributed by atoms with Crippen molar-refractivity contribution in [2.75, 3.05) is 31.3 Å². The highest BCUT2D eigenvalue weighted by atomic mass is 16.5. The molecule has 0 aromatic heterocycles. The van der Waals surface area contributed by atoms with Gasteiger partial charge < -0.3 is 20.9 Å². The van der Waals surface area contributed by atoms with Gasteiger partial charge in [0.05, 0.1) is 19.3 Å². The van der Waals surface area contributed by atoms with Crippen molar-refractivity contribution in [3.8, 4) is 0 Å². The summed E-state index contributed by atoms with van der Waals surface area (Å²) in [5, 5.41) is 12.5. The molecule has 0 spiro atoms. The van der Waals surface area contributed by atoms with E-state index in [0.29, 0.717) is 17.8 Å². The highest BCUT2D eigenvalue weighted by molar-refractivity contribution is 5.97. The van der Waals surface area contributed by atoms with E-state index in [1.807, 2.05) is 13.0 Å². The van der Waals surface area contributed by atoms with Gasteiger partial charge >= 0.3 is 5.97 Å². The van der Waals surface area contributed by atoms with E-state index in [0.717, 1.165) is 24.1 Å². The number of hydrogen-bond donors (Lipinski definition) is 3. The summed E-state index contributed by atoms with van der Waals surface area (Å²) >= 11 is 0. The third kappa shape index (κ3) is 2.81. The first-order valence-electron chi connectivity index (χ1n) is 6.34. The number of anilines is 2. The first-order valence-corrected chi connectivity index (χ1v) is 6.34. The van der Waals surface area contributed by atoms with Crippen molar-refractivity contribution in [3.05, 3.63) is 23.3 Å². The summed E-state index contributed by atoms with van der Waals surface area (Å²) in [5.74, 6) is -0.437. The Kier molecular flexibility index (Phi) is 3.66. The highest BCUT2D eigenvalue weighted by Crippen LogP contribution is 2.45. The van der Waals surface area contributed by atoms with E-state index in [4.69, 9.17) is 10.5 Å². The van der Waals surface area contributed by atoms with Crippen LogP contribution in [0.25, 0.3) is 0 Å². The zero-order chi connectivity index (χ0) is 14.0. The van der Waals surface area contributed by atoms with Gasteiger partial charge in [-0.15, -0.1) is 0 Å². The molecule has 0 atom stereocenters. The van der Waals surface area contributed by atoms with Crippen LogP contribution in [0, 0.1) is 12.3 Å². The average molecular weight is 264 g/mol. The molecular formula is C14H20N2O3. The molecule has 0 radical (unpaired) electrons. The summed E-state index contributed by atoms with van der Waals surface area (Å²) in [6.45, 7) is 2.75. The normalized spacial score (nSPS) is 15.9. The molecule has 104 valence electrons. The van der Waals surface area contributed by atoms with Crippen LogP contribution < -0.4 is 11.1 Å². The lowest BCUT2D eigenvalue weighted by Gasteiger charge is -2.16. The van der Waals surface area contributed by atoms with Gasteiger partial charge in [0.25, 0.3) is 0 Å². The van der Waals surface area contributed by atoms with Crippen LogP contribution >= 0.6 is 0 Å². The summed E-state index contributed by atoms with van der Waals surface area (Å²) < 4.78 is 4.72. The van der Waals surface area contributed by atoms with E-state index in [1.54, 1.807) is 6.07 Å². The van der Waals surface area contributed by atoms with Crippen LogP contribution in [0.2, 0.25) is 0 Å². The van der Waals surface area contributed by atoms with Crippen LogP contribution in [-0.2, 0) is 4.74 Å². The Morgan fingerprint density at radius 2 is 2.21 bits per heavy atom. The van der Waals surface area contributed by atoms with E-state index in [1.165, 1.54) is 7.11 Å². The lowest BCUT2D eigenvalue weighted by atomic mass is 10.1. The van der Waals surface area contributed by atoms with E-state index in [-0.39, 0.29) is 12.0 Å². The van der Waals surface area contributed by atoms with E-state index in [2.05, 4.69) is 5.32 Å². The molecule has 1 aliphatic carbocycles. The number of aliphatic hydroxyl groups is 1. The molecular weight excluding hydrogens is 244 g/mol. The van der Waals surface area contributed by atoms with Gasteiger partial charge in [0, 0.05) is 23.3 Å². The predicted octanol–water partition coefficient (Wildman–Crippen LogP) is 1.55. The molecule has 4 N–H and O–H groups in total. The summed E-state index contributed by atoms with van der Waals surface area (Å²) in [6, 6.07) is 3.59. The average Bonchev–Trinajstić information content (AvgIpc) is 3.19. The van der Waals surface area contributed by atoms with Crippen LogP contribution in [0.4, 0.5) is 11.4 Å². The minimum atomic E-state index is -0.437.